The Labute approximate surface area is 118 Å². The van der Waals surface area contributed by atoms with E-state index in [4.69, 9.17) is 9.26 Å². The maximum atomic E-state index is 5.66. The summed E-state index contributed by atoms with van der Waals surface area (Å²) in [5.41, 5.74) is 2.36. The lowest BCUT2D eigenvalue weighted by atomic mass is 10.1. The SMILES string of the molecule is Cc1cncc(CCc2nc(C3CCCCO3)no2)c1. The first-order valence-corrected chi connectivity index (χ1v) is 7.16. The maximum Gasteiger partial charge on any atom is 0.227 e. The van der Waals surface area contributed by atoms with Crippen LogP contribution in [0.3, 0.4) is 0 Å². The molecule has 5 heteroatoms. The van der Waals surface area contributed by atoms with E-state index < -0.39 is 0 Å². The predicted molar refractivity (Wildman–Crippen MR) is 73.2 cm³/mol. The minimum absolute atomic E-state index is 0.0156. The lowest BCUT2D eigenvalue weighted by Crippen LogP contribution is -2.12. The Morgan fingerprint density at radius 1 is 1.25 bits per heavy atom. The number of nitrogens with zero attached hydrogens (tertiary/aromatic N) is 3. The molecule has 0 radical (unpaired) electrons. The molecule has 0 bridgehead atoms. The van der Waals surface area contributed by atoms with Crippen molar-refractivity contribution in [3.8, 4) is 0 Å². The molecule has 0 amide bonds. The monoisotopic (exact) mass is 273 g/mol. The van der Waals surface area contributed by atoms with Gasteiger partial charge in [0.15, 0.2) is 0 Å². The number of aromatic nitrogens is 3. The Morgan fingerprint density at radius 2 is 2.20 bits per heavy atom. The Balaban J connectivity index is 1.59. The molecule has 20 heavy (non-hydrogen) atoms. The summed E-state index contributed by atoms with van der Waals surface area (Å²) in [5.74, 6) is 1.37. The number of pyridine rings is 1. The van der Waals surface area contributed by atoms with Gasteiger partial charge in [0.2, 0.25) is 11.7 Å². The zero-order valence-corrected chi connectivity index (χ0v) is 11.7. The summed E-state index contributed by atoms with van der Waals surface area (Å²) in [6.45, 7) is 2.84. The molecule has 1 unspecified atom stereocenters. The van der Waals surface area contributed by atoms with E-state index in [9.17, 15) is 0 Å². The van der Waals surface area contributed by atoms with Gasteiger partial charge in [-0.1, -0.05) is 11.2 Å². The third-order valence-electron chi connectivity index (χ3n) is 3.51. The van der Waals surface area contributed by atoms with Gasteiger partial charge in [-0.2, -0.15) is 4.98 Å². The van der Waals surface area contributed by atoms with Gasteiger partial charge < -0.3 is 9.26 Å². The van der Waals surface area contributed by atoms with Crippen molar-refractivity contribution in [2.24, 2.45) is 0 Å². The molecule has 106 valence electrons. The normalized spacial score (nSPS) is 19.1. The summed E-state index contributed by atoms with van der Waals surface area (Å²) < 4.78 is 11.0. The fourth-order valence-electron chi connectivity index (χ4n) is 2.45. The zero-order chi connectivity index (χ0) is 13.8. The summed E-state index contributed by atoms with van der Waals surface area (Å²) in [4.78, 5) is 8.64. The largest absolute Gasteiger partial charge is 0.370 e. The van der Waals surface area contributed by atoms with E-state index in [0.717, 1.165) is 32.3 Å². The van der Waals surface area contributed by atoms with Crippen LogP contribution in [-0.2, 0) is 17.6 Å². The van der Waals surface area contributed by atoms with E-state index in [0.29, 0.717) is 11.7 Å². The van der Waals surface area contributed by atoms with Gasteiger partial charge in [0, 0.05) is 25.4 Å². The van der Waals surface area contributed by atoms with Crippen molar-refractivity contribution >= 4 is 0 Å². The summed E-state index contributed by atoms with van der Waals surface area (Å²) in [7, 11) is 0. The molecule has 1 saturated heterocycles. The van der Waals surface area contributed by atoms with E-state index in [2.05, 4.69) is 21.2 Å². The van der Waals surface area contributed by atoms with Crippen LogP contribution in [0.4, 0.5) is 0 Å². The smallest absolute Gasteiger partial charge is 0.227 e. The standard InChI is InChI=1S/C15H19N3O2/c1-11-8-12(10-16-9-11)5-6-14-17-15(18-20-14)13-4-2-3-7-19-13/h8-10,13H,2-7H2,1H3. The zero-order valence-electron chi connectivity index (χ0n) is 11.7. The lowest BCUT2D eigenvalue weighted by Gasteiger charge is -2.18. The number of aryl methyl sites for hydroxylation is 3. The number of ether oxygens (including phenoxy) is 1. The van der Waals surface area contributed by atoms with Crippen LogP contribution < -0.4 is 0 Å². The highest BCUT2D eigenvalue weighted by Crippen LogP contribution is 2.25. The predicted octanol–water partition coefficient (Wildman–Crippen LogP) is 2.80. The van der Waals surface area contributed by atoms with Crippen molar-refractivity contribution in [3.63, 3.8) is 0 Å². The van der Waals surface area contributed by atoms with E-state index >= 15 is 0 Å². The van der Waals surface area contributed by atoms with Crippen LogP contribution in [0.15, 0.2) is 23.0 Å². The minimum Gasteiger partial charge on any atom is -0.370 e. The molecule has 0 aromatic carbocycles. The van der Waals surface area contributed by atoms with Crippen molar-refractivity contribution in [1.82, 2.24) is 15.1 Å². The Hall–Kier alpha value is -1.75. The second kappa shape index (κ2) is 6.13. The van der Waals surface area contributed by atoms with Crippen LogP contribution in [0.1, 0.15) is 48.2 Å². The molecule has 2 aromatic heterocycles. The van der Waals surface area contributed by atoms with E-state index in [1.54, 1.807) is 0 Å². The third-order valence-corrected chi connectivity index (χ3v) is 3.51. The Morgan fingerprint density at radius 3 is 3.00 bits per heavy atom. The molecule has 3 heterocycles. The molecular weight excluding hydrogens is 254 g/mol. The van der Waals surface area contributed by atoms with Crippen molar-refractivity contribution in [3.05, 3.63) is 41.3 Å². The minimum atomic E-state index is 0.0156. The van der Waals surface area contributed by atoms with Gasteiger partial charge in [0.05, 0.1) is 0 Å². The van der Waals surface area contributed by atoms with Gasteiger partial charge >= 0.3 is 0 Å². The Bertz CT molecular complexity index is 562. The van der Waals surface area contributed by atoms with E-state index in [1.807, 2.05) is 19.3 Å². The van der Waals surface area contributed by atoms with Crippen LogP contribution in [0.25, 0.3) is 0 Å². The second-order valence-electron chi connectivity index (χ2n) is 5.27. The van der Waals surface area contributed by atoms with Gasteiger partial charge in [-0.3, -0.25) is 4.98 Å². The van der Waals surface area contributed by atoms with Crippen LogP contribution in [0.2, 0.25) is 0 Å². The summed E-state index contributed by atoms with van der Waals surface area (Å²) >= 11 is 0. The highest BCUT2D eigenvalue weighted by Gasteiger charge is 2.21. The molecule has 0 saturated carbocycles. The fourth-order valence-corrected chi connectivity index (χ4v) is 2.45. The summed E-state index contributed by atoms with van der Waals surface area (Å²) in [5, 5.41) is 4.04. The van der Waals surface area contributed by atoms with Crippen molar-refractivity contribution in [2.45, 2.75) is 45.1 Å². The average Bonchev–Trinajstić information content (AvgIpc) is 2.95. The van der Waals surface area contributed by atoms with Crippen LogP contribution in [-0.4, -0.2) is 21.7 Å². The van der Waals surface area contributed by atoms with E-state index in [-0.39, 0.29) is 6.10 Å². The molecule has 1 fully saturated rings. The van der Waals surface area contributed by atoms with Crippen molar-refractivity contribution in [1.29, 1.82) is 0 Å². The fraction of sp³-hybridized carbons (Fsp3) is 0.533. The second-order valence-corrected chi connectivity index (χ2v) is 5.27. The lowest BCUT2D eigenvalue weighted by molar-refractivity contribution is 0.00821. The van der Waals surface area contributed by atoms with Crippen LogP contribution in [0, 0.1) is 6.92 Å². The molecule has 0 spiro atoms. The number of rotatable bonds is 4. The summed E-state index contributed by atoms with van der Waals surface area (Å²) in [6, 6.07) is 2.13. The van der Waals surface area contributed by atoms with Crippen LogP contribution >= 0.6 is 0 Å². The molecule has 0 aliphatic carbocycles. The summed E-state index contributed by atoms with van der Waals surface area (Å²) in [6.07, 6.45) is 8.64. The molecule has 1 aliphatic rings. The Kier molecular flexibility index (Phi) is 4.06. The molecular formula is C15H19N3O2. The number of hydrogen-bond acceptors (Lipinski definition) is 5. The third kappa shape index (κ3) is 3.22. The van der Waals surface area contributed by atoms with Crippen molar-refractivity contribution < 1.29 is 9.26 Å². The average molecular weight is 273 g/mol. The topological polar surface area (TPSA) is 61.0 Å². The molecule has 3 rings (SSSR count). The van der Waals surface area contributed by atoms with Gasteiger partial charge in [-0.05, 0) is 43.7 Å². The van der Waals surface area contributed by atoms with Crippen LogP contribution in [0.5, 0.6) is 0 Å². The maximum absolute atomic E-state index is 5.66. The molecule has 1 aliphatic heterocycles. The molecule has 0 N–H and O–H groups in total. The highest BCUT2D eigenvalue weighted by molar-refractivity contribution is 5.17. The first-order chi connectivity index (χ1) is 9.81. The molecule has 5 nitrogen and oxygen atoms in total. The molecule has 1 atom stereocenters. The van der Waals surface area contributed by atoms with E-state index in [1.165, 1.54) is 17.5 Å². The molecule has 2 aromatic rings. The van der Waals surface area contributed by atoms with Gasteiger partial charge in [-0.15, -0.1) is 0 Å². The highest BCUT2D eigenvalue weighted by atomic mass is 16.5. The first-order valence-electron chi connectivity index (χ1n) is 7.16. The van der Waals surface area contributed by atoms with Gasteiger partial charge in [0.1, 0.15) is 6.10 Å². The quantitative estimate of drug-likeness (QED) is 0.857. The van der Waals surface area contributed by atoms with Gasteiger partial charge in [-0.25, -0.2) is 0 Å². The van der Waals surface area contributed by atoms with Crippen molar-refractivity contribution in [2.75, 3.05) is 6.61 Å². The first kappa shape index (κ1) is 13.2. The van der Waals surface area contributed by atoms with Gasteiger partial charge in [0.25, 0.3) is 0 Å². The number of hydrogen-bond donors (Lipinski definition) is 0.